The molecule has 0 aliphatic heterocycles. The second-order valence-electron chi connectivity index (χ2n) is 19.9. The maximum Gasteiger partial charge on any atom is 0.306 e. The van der Waals surface area contributed by atoms with Crippen molar-refractivity contribution < 1.29 is 28.6 Å². The predicted octanol–water partition coefficient (Wildman–Crippen LogP) is 19.7. The minimum atomic E-state index is -0.774. The van der Waals surface area contributed by atoms with Crippen molar-refractivity contribution >= 4 is 17.9 Å². The van der Waals surface area contributed by atoms with Crippen LogP contribution in [0.15, 0.2) is 36.5 Å². The van der Waals surface area contributed by atoms with Gasteiger partial charge in [-0.25, -0.2) is 0 Å². The van der Waals surface area contributed by atoms with E-state index in [1.807, 2.05) is 0 Å². The molecule has 0 aromatic rings. The van der Waals surface area contributed by atoms with Crippen molar-refractivity contribution in [2.45, 2.75) is 322 Å². The van der Waals surface area contributed by atoms with Crippen LogP contribution in [0.4, 0.5) is 0 Å². The zero-order valence-electron chi connectivity index (χ0n) is 44.9. The lowest BCUT2D eigenvalue weighted by Crippen LogP contribution is -2.30. The van der Waals surface area contributed by atoms with Gasteiger partial charge in [-0.1, -0.05) is 256 Å². The first-order chi connectivity index (χ1) is 33.0. The van der Waals surface area contributed by atoms with Crippen LogP contribution in [-0.4, -0.2) is 37.2 Å². The highest BCUT2D eigenvalue weighted by atomic mass is 16.6. The summed E-state index contributed by atoms with van der Waals surface area (Å²) in [5.74, 6) is -0.866. The third-order valence-electron chi connectivity index (χ3n) is 13.1. The molecule has 0 saturated heterocycles. The standard InChI is InChI=1S/C61H112O6/c1-4-7-10-13-16-19-22-25-28-30-33-36-39-42-45-48-51-54-60(63)66-57-58(56-65-59(62)53-50-47-44-41-38-35-32-27-24-21-18-15-12-9-6-3)67-61(64)55-52-49-46-43-40-37-34-31-29-26-23-20-17-14-11-8-5-2/h16,19,21,24-25,28,58H,4-15,17-18,20,22-23,26-27,29-57H2,1-3H3/b19-16+,24-21+,28-25+/t58-/m1/s1. The fourth-order valence-corrected chi connectivity index (χ4v) is 8.65. The minimum absolute atomic E-state index is 0.0734. The zero-order chi connectivity index (χ0) is 48.6. The highest BCUT2D eigenvalue weighted by molar-refractivity contribution is 5.71. The maximum atomic E-state index is 12.9. The van der Waals surface area contributed by atoms with Crippen molar-refractivity contribution in [3.63, 3.8) is 0 Å². The van der Waals surface area contributed by atoms with Crippen LogP contribution in [0.25, 0.3) is 0 Å². The Bertz CT molecular complexity index is 1130. The van der Waals surface area contributed by atoms with Crippen LogP contribution in [0.5, 0.6) is 0 Å². The number of allylic oxidation sites excluding steroid dienone is 6. The van der Waals surface area contributed by atoms with Gasteiger partial charge in [-0.15, -0.1) is 0 Å². The van der Waals surface area contributed by atoms with E-state index >= 15 is 0 Å². The highest BCUT2D eigenvalue weighted by Crippen LogP contribution is 2.17. The number of carbonyl (C=O) groups is 3. The SMILES string of the molecule is CCCCC/C=C/C/C=C/CCCCCCCCCC(=O)OC[C@@H](COC(=O)CCCCCCCCC/C=C/CCCCCC)OC(=O)CCCCCCCCCCCCCCCCCCC. The first-order valence-electron chi connectivity index (χ1n) is 29.5. The molecule has 0 N–H and O–H groups in total. The van der Waals surface area contributed by atoms with Crippen molar-refractivity contribution in [1.82, 2.24) is 0 Å². The average Bonchev–Trinajstić information content (AvgIpc) is 3.33. The fraction of sp³-hybridized carbons (Fsp3) is 0.852. The molecule has 1 atom stereocenters. The molecule has 0 rings (SSSR count). The molecule has 0 bridgehead atoms. The van der Waals surface area contributed by atoms with E-state index in [-0.39, 0.29) is 31.1 Å². The van der Waals surface area contributed by atoms with Gasteiger partial charge in [0.25, 0.3) is 0 Å². The highest BCUT2D eigenvalue weighted by Gasteiger charge is 2.19. The molecule has 0 aromatic carbocycles. The molecule has 6 heteroatoms. The first-order valence-corrected chi connectivity index (χ1v) is 29.5. The Morgan fingerprint density at radius 1 is 0.299 bits per heavy atom. The second-order valence-corrected chi connectivity index (χ2v) is 19.9. The van der Waals surface area contributed by atoms with E-state index in [4.69, 9.17) is 14.2 Å². The van der Waals surface area contributed by atoms with Gasteiger partial charge in [0.15, 0.2) is 6.10 Å². The molecule has 0 saturated carbocycles. The van der Waals surface area contributed by atoms with Crippen molar-refractivity contribution in [2.75, 3.05) is 13.2 Å². The van der Waals surface area contributed by atoms with Gasteiger partial charge >= 0.3 is 17.9 Å². The molecule has 0 spiro atoms. The number of esters is 3. The second kappa shape index (κ2) is 56.2. The van der Waals surface area contributed by atoms with Gasteiger partial charge in [0.1, 0.15) is 13.2 Å². The first kappa shape index (κ1) is 64.6. The summed E-state index contributed by atoms with van der Waals surface area (Å²) >= 11 is 0. The number of ether oxygens (including phenoxy) is 3. The van der Waals surface area contributed by atoms with Gasteiger partial charge in [-0.3, -0.25) is 14.4 Å². The summed E-state index contributed by atoms with van der Waals surface area (Å²) in [6.45, 7) is 6.64. The van der Waals surface area contributed by atoms with Gasteiger partial charge in [0.05, 0.1) is 0 Å². The predicted molar refractivity (Wildman–Crippen MR) is 289 cm³/mol. The summed E-state index contributed by atoms with van der Waals surface area (Å²) in [5, 5.41) is 0. The van der Waals surface area contributed by atoms with Crippen LogP contribution in [0.2, 0.25) is 0 Å². The van der Waals surface area contributed by atoms with Crippen LogP contribution in [0.1, 0.15) is 316 Å². The van der Waals surface area contributed by atoms with Crippen LogP contribution in [-0.2, 0) is 28.6 Å². The molecular formula is C61H112O6. The van der Waals surface area contributed by atoms with Crippen LogP contribution < -0.4 is 0 Å². The van der Waals surface area contributed by atoms with Gasteiger partial charge in [0, 0.05) is 19.3 Å². The maximum absolute atomic E-state index is 12.9. The number of rotatable bonds is 54. The average molecular weight is 942 g/mol. The smallest absolute Gasteiger partial charge is 0.306 e. The van der Waals surface area contributed by atoms with Gasteiger partial charge in [0.2, 0.25) is 0 Å². The molecule has 392 valence electrons. The number of hydrogen-bond donors (Lipinski definition) is 0. The Balaban J connectivity index is 4.35. The van der Waals surface area contributed by atoms with Gasteiger partial charge in [-0.2, -0.15) is 0 Å². The molecule has 0 amide bonds. The van der Waals surface area contributed by atoms with Gasteiger partial charge in [-0.05, 0) is 77.0 Å². The molecule has 67 heavy (non-hydrogen) atoms. The topological polar surface area (TPSA) is 78.9 Å². The van der Waals surface area contributed by atoms with Crippen molar-refractivity contribution in [1.29, 1.82) is 0 Å². The molecule has 0 aromatic heterocycles. The molecule has 0 heterocycles. The van der Waals surface area contributed by atoms with E-state index in [1.165, 1.54) is 205 Å². The Morgan fingerprint density at radius 3 is 0.881 bits per heavy atom. The Kier molecular flexibility index (Phi) is 54.2. The molecule has 0 unspecified atom stereocenters. The van der Waals surface area contributed by atoms with E-state index < -0.39 is 6.10 Å². The fourth-order valence-electron chi connectivity index (χ4n) is 8.65. The monoisotopic (exact) mass is 941 g/mol. The summed E-state index contributed by atoms with van der Waals surface area (Å²) in [4.78, 5) is 38.2. The molecule has 0 fully saturated rings. The molecule has 0 aliphatic rings. The Hall–Kier alpha value is -2.37. The lowest BCUT2D eigenvalue weighted by atomic mass is 10.0. The van der Waals surface area contributed by atoms with Crippen LogP contribution in [0.3, 0.4) is 0 Å². The normalized spacial score (nSPS) is 12.2. The Morgan fingerprint density at radius 2 is 0.537 bits per heavy atom. The van der Waals surface area contributed by atoms with Crippen molar-refractivity contribution in [3.05, 3.63) is 36.5 Å². The molecule has 0 aliphatic carbocycles. The molecule has 6 nitrogen and oxygen atoms in total. The van der Waals surface area contributed by atoms with Gasteiger partial charge < -0.3 is 14.2 Å². The third kappa shape index (κ3) is 54.4. The lowest BCUT2D eigenvalue weighted by Gasteiger charge is -2.18. The zero-order valence-corrected chi connectivity index (χ0v) is 44.9. The third-order valence-corrected chi connectivity index (χ3v) is 13.1. The molecule has 0 radical (unpaired) electrons. The minimum Gasteiger partial charge on any atom is -0.462 e. The number of hydrogen-bond acceptors (Lipinski definition) is 6. The van der Waals surface area contributed by atoms with Crippen molar-refractivity contribution in [3.8, 4) is 0 Å². The quantitative estimate of drug-likeness (QED) is 0.0262. The number of unbranched alkanes of at least 4 members (excludes halogenated alkanes) is 37. The summed E-state index contributed by atoms with van der Waals surface area (Å²) in [7, 11) is 0. The summed E-state index contributed by atoms with van der Waals surface area (Å²) in [6, 6.07) is 0. The largest absolute Gasteiger partial charge is 0.462 e. The van der Waals surface area contributed by atoms with E-state index in [0.717, 1.165) is 70.6 Å². The summed E-state index contributed by atoms with van der Waals surface area (Å²) < 4.78 is 16.9. The van der Waals surface area contributed by atoms with Crippen LogP contribution in [0, 0.1) is 0 Å². The molecular weight excluding hydrogens is 829 g/mol. The van der Waals surface area contributed by atoms with Crippen molar-refractivity contribution in [2.24, 2.45) is 0 Å². The van der Waals surface area contributed by atoms with E-state index in [0.29, 0.717) is 19.3 Å². The van der Waals surface area contributed by atoms with Crippen LogP contribution >= 0.6 is 0 Å². The van der Waals surface area contributed by atoms with E-state index in [2.05, 4.69) is 57.2 Å². The van der Waals surface area contributed by atoms with E-state index in [1.54, 1.807) is 0 Å². The summed E-state index contributed by atoms with van der Waals surface area (Å²) in [5.41, 5.74) is 0. The summed E-state index contributed by atoms with van der Waals surface area (Å²) in [6.07, 6.45) is 67.0. The van der Waals surface area contributed by atoms with E-state index in [9.17, 15) is 14.4 Å². The Labute approximate surface area is 416 Å². The number of carbonyl (C=O) groups excluding carboxylic acids is 3. The lowest BCUT2D eigenvalue weighted by molar-refractivity contribution is -0.167.